The second kappa shape index (κ2) is 7.87. The first-order chi connectivity index (χ1) is 8.97. The summed E-state index contributed by atoms with van der Waals surface area (Å²) in [5, 5.41) is -0.0346. The predicted molar refractivity (Wildman–Crippen MR) is 70.9 cm³/mol. The van der Waals surface area contributed by atoms with Gasteiger partial charge in [-0.2, -0.15) is 0 Å². The molecule has 2 rings (SSSR count). The number of benzene rings is 2. The molecule has 2 aromatic rings. The first-order valence-electron chi connectivity index (χ1n) is 5.63. The van der Waals surface area contributed by atoms with Crippen molar-refractivity contribution in [2.24, 2.45) is 0 Å². The van der Waals surface area contributed by atoms with E-state index in [1.807, 2.05) is 30.3 Å². The van der Waals surface area contributed by atoms with E-state index in [1.54, 1.807) is 0 Å². The van der Waals surface area contributed by atoms with E-state index in [-0.39, 0.29) is 68.8 Å². The zero-order valence-electron chi connectivity index (χ0n) is 10.8. The van der Waals surface area contributed by atoms with Crippen LogP contribution in [0.3, 0.4) is 0 Å². The van der Waals surface area contributed by atoms with E-state index in [0.29, 0.717) is 0 Å². The Morgan fingerprint density at radius 3 is 2.20 bits per heavy atom. The fraction of sp³-hybridized carbons (Fsp3) is 0.0769. The third-order valence-electron chi connectivity index (χ3n) is 2.57. The summed E-state index contributed by atoms with van der Waals surface area (Å²) in [6.45, 7) is -4.78. The van der Waals surface area contributed by atoms with Crippen LogP contribution in [0.2, 0.25) is 5.02 Å². The molecule has 0 aliphatic heterocycles. The van der Waals surface area contributed by atoms with Crippen molar-refractivity contribution in [3.63, 3.8) is 0 Å². The van der Waals surface area contributed by atoms with Crippen molar-refractivity contribution in [3.05, 3.63) is 59.1 Å². The number of hydrogen-bond donors (Lipinski definition) is 0. The van der Waals surface area contributed by atoms with Gasteiger partial charge in [-0.05, 0) is 11.6 Å². The molecule has 0 saturated carbocycles. The molecule has 0 atom stereocenters. The van der Waals surface area contributed by atoms with Gasteiger partial charge < -0.3 is 17.7 Å². The third-order valence-corrected chi connectivity index (χ3v) is 2.87. The number of hydrogen-bond acceptors (Lipinski definition) is 1. The van der Waals surface area contributed by atoms with Crippen LogP contribution in [0.25, 0.3) is 0 Å². The molecule has 1 nitrogen and oxygen atoms in total. The molecule has 0 aliphatic carbocycles. The van der Waals surface area contributed by atoms with Gasteiger partial charge in [0.15, 0.2) is 0 Å². The monoisotopic (exact) mass is 324 g/mol. The van der Waals surface area contributed by atoms with E-state index in [9.17, 15) is 12.9 Å². The van der Waals surface area contributed by atoms with Crippen LogP contribution in [0.1, 0.15) is 5.56 Å². The molecule has 0 unspecified atom stereocenters. The summed E-state index contributed by atoms with van der Waals surface area (Å²) < 4.78 is 42.9. The second-order valence-corrected chi connectivity index (χ2v) is 4.45. The van der Waals surface area contributed by atoms with Crippen molar-refractivity contribution in [2.75, 3.05) is 0 Å². The molecule has 0 radical (unpaired) electrons. The minimum Gasteiger partial charge on any atom is -0.487 e. The molecule has 100 valence electrons. The van der Waals surface area contributed by atoms with E-state index >= 15 is 0 Å². The fourth-order valence-electron chi connectivity index (χ4n) is 1.57. The van der Waals surface area contributed by atoms with Crippen molar-refractivity contribution in [1.82, 2.24) is 0 Å². The van der Waals surface area contributed by atoms with Crippen LogP contribution in [0.4, 0.5) is 12.9 Å². The standard InChI is InChI=1S/C13H10BClF3O.K/c15-12-8-11(14(16,17)18)6-7-13(12)19-9-10-4-2-1-3-5-10;/h1-8H,9H2;/q-1;+1. The van der Waals surface area contributed by atoms with Crippen LogP contribution in [-0.2, 0) is 6.61 Å². The fourth-order valence-corrected chi connectivity index (χ4v) is 1.82. The topological polar surface area (TPSA) is 9.23 Å². The summed E-state index contributed by atoms with van der Waals surface area (Å²) in [4.78, 5) is 0. The van der Waals surface area contributed by atoms with Gasteiger partial charge in [-0.25, -0.2) is 0 Å². The molecule has 0 aliphatic rings. The van der Waals surface area contributed by atoms with Gasteiger partial charge in [-0.15, -0.1) is 5.46 Å². The number of ether oxygens (including phenoxy) is 1. The molecular weight excluding hydrogens is 314 g/mol. The minimum absolute atomic E-state index is 0. The Labute approximate surface area is 162 Å². The predicted octanol–water partition coefficient (Wildman–Crippen LogP) is 0.977. The van der Waals surface area contributed by atoms with Crippen molar-refractivity contribution < 1.29 is 69.1 Å². The largest absolute Gasteiger partial charge is 1.00 e. The van der Waals surface area contributed by atoms with Crippen molar-refractivity contribution in [1.29, 1.82) is 0 Å². The average molecular weight is 325 g/mol. The molecule has 0 spiro atoms. The molecule has 0 fully saturated rings. The molecule has 2 aromatic carbocycles. The summed E-state index contributed by atoms with van der Waals surface area (Å²) in [6.07, 6.45) is 0. The first kappa shape index (κ1) is 18.1. The van der Waals surface area contributed by atoms with Gasteiger partial charge in [0.2, 0.25) is 0 Å². The van der Waals surface area contributed by atoms with Gasteiger partial charge in [0.05, 0.1) is 5.02 Å². The Morgan fingerprint density at radius 2 is 1.65 bits per heavy atom. The molecule has 0 bridgehead atoms. The van der Waals surface area contributed by atoms with Gasteiger partial charge in [-0.1, -0.05) is 54.1 Å². The quantitative estimate of drug-likeness (QED) is 0.762. The SMILES string of the molecule is F[B-](F)(F)c1ccc(OCc2ccccc2)c(Cl)c1.[K+]. The summed E-state index contributed by atoms with van der Waals surface area (Å²) in [5.74, 6) is 0.245. The molecule has 0 heterocycles. The van der Waals surface area contributed by atoms with Crippen LogP contribution in [0.5, 0.6) is 5.75 Å². The van der Waals surface area contributed by atoms with E-state index in [0.717, 1.165) is 17.7 Å². The summed E-state index contributed by atoms with van der Waals surface area (Å²) in [6, 6.07) is 12.4. The Kier molecular flexibility index (Phi) is 7.11. The van der Waals surface area contributed by atoms with Gasteiger partial charge in [0.25, 0.3) is 0 Å². The normalized spacial score (nSPS) is 10.8. The number of halogens is 4. The van der Waals surface area contributed by atoms with Gasteiger partial charge in [0.1, 0.15) is 12.4 Å². The Balaban J connectivity index is 0.00000200. The van der Waals surface area contributed by atoms with Crippen LogP contribution < -0.4 is 61.6 Å². The minimum atomic E-state index is -5.04. The van der Waals surface area contributed by atoms with Crippen molar-refractivity contribution in [3.8, 4) is 5.75 Å². The average Bonchev–Trinajstić information content (AvgIpc) is 2.37. The van der Waals surface area contributed by atoms with E-state index in [2.05, 4.69) is 0 Å². The molecule has 0 aromatic heterocycles. The second-order valence-electron chi connectivity index (χ2n) is 4.04. The molecule has 7 heteroatoms. The van der Waals surface area contributed by atoms with Crippen LogP contribution in [0, 0.1) is 0 Å². The van der Waals surface area contributed by atoms with Gasteiger partial charge in [0, 0.05) is 0 Å². The maximum absolute atomic E-state index is 12.5. The van der Waals surface area contributed by atoms with Gasteiger partial charge >= 0.3 is 58.4 Å². The maximum atomic E-state index is 12.5. The zero-order chi connectivity index (χ0) is 13.9. The van der Waals surface area contributed by atoms with Crippen molar-refractivity contribution >= 4 is 24.0 Å². The summed E-state index contributed by atoms with van der Waals surface area (Å²) in [5.41, 5.74) is 0.194. The Bertz CT molecular complexity index is 563. The summed E-state index contributed by atoms with van der Waals surface area (Å²) in [7, 11) is 0. The summed E-state index contributed by atoms with van der Waals surface area (Å²) >= 11 is 5.79. The van der Waals surface area contributed by atoms with E-state index in [1.165, 1.54) is 6.07 Å². The molecule has 0 amide bonds. The van der Waals surface area contributed by atoms with Crippen molar-refractivity contribution in [2.45, 2.75) is 6.61 Å². The molecule has 0 N–H and O–H groups in total. The Hall–Kier alpha value is 0.0213. The third kappa shape index (κ3) is 5.09. The van der Waals surface area contributed by atoms with Gasteiger partial charge in [-0.3, -0.25) is 0 Å². The van der Waals surface area contributed by atoms with Crippen LogP contribution in [-0.4, -0.2) is 6.98 Å². The zero-order valence-corrected chi connectivity index (χ0v) is 14.7. The molecule has 0 saturated heterocycles. The van der Waals surface area contributed by atoms with Crippen LogP contribution in [0.15, 0.2) is 48.5 Å². The maximum Gasteiger partial charge on any atom is 1.00 e. The first-order valence-corrected chi connectivity index (χ1v) is 6.01. The van der Waals surface area contributed by atoms with E-state index in [4.69, 9.17) is 16.3 Å². The molecule has 20 heavy (non-hydrogen) atoms. The number of rotatable bonds is 4. The van der Waals surface area contributed by atoms with E-state index < -0.39 is 12.4 Å². The smallest absolute Gasteiger partial charge is 0.487 e. The Morgan fingerprint density at radius 1 is 1.00 bits per heavy atom. The van der Waals surface area contributed by atoms with Crippen LogP contribution >= 0.6 is 11.6 Å². The molecular formula is C13H10BClF3KO.